The largest absolute Gasteiger partial charge is 0.457 e. The lowest BCUT2D eigenvalue weighted by Gasteiger charge is -2.09. The van der Waals surface area contributed by atoms with E-state index in [1.54, 1.807) is 24.3 Å². The minimum absolute atomic E-state index is 0.00811. The van der Waals surface area contributed by atoms with E-state index in [9.17, 15) is 20.2 Å². The molecule has 8 heteroatoms. The fourth-order valence-electron chi connectivity index (χ4n) is 2.73. The van der Waals surface area contributed by atoms with Crippen molar-refractivity contribution in [3.05, 3.63) is 57.8 Å². The van der Waals surface area contributed by atoms with E-state index >= 15 is 0 Å². The fraction of sp³-hybridized carbons (Fsp3) is 0.263. The summed E-state index contributed by atoms with van der Waals surface area (Å²) in [4.78, 5) is 22.4. The summed E-state index contributed by atoms with van der Waals surface area (Å²) in [6.07, 6.45) is 3.22. The van der Waals surface area contributed by atoms with Gasteiger partial charge in [0.05, 0.1) is 11.0 Å². The highest BCUT2D eigenvalue weighted by atomic mass is 16.6. The van der Waals surface area contributed by atoms with Crippen LogP contribution in [0.2, 0.25) is 0 Å². The molecule has 1 N–H and O–H groups in total. The molecule has 2 heterocycles. The Morgan fingerprint density at radius 3 is 2.74 bits per heavy atom. The first-order valence-electron chi connectivity index (χ1n) is 8.43. The van der Waals surface area contributed by atoms with Crippen LogP contribution in [0.3, 0.4) is 0 Å². The summed E-state index contributed by atoms with van der Waals surface area (Å²) in [5.74, 6) is 0.335. The molecule has 1 atom stereocenters. The molecule has 1 amide bonds. The van der Waals surface area contributed by atoms with Crippen molar-refractivity contribution in [1.82, 2.24) is 5.32 Å². The van der Waals surface area contributed by atoms with Gasteiger partial charge in [-0.3, -0.25) is 14.9 Å². The molecule has 1 saturated heterocycles. The number of nitriles is 1. The van der Waals surface area contributed by atoms with Crippen LogP contribution in [0.15, 0.2) is 46.4 Å². The van der Waals surface area contributed by atoms with Gasteiger partial charge in [-0.15, -0.1) is 0 Å². The second-order valence-electron chi connectivity index (χ2n) is 6.02. The summed E-state index contributed by atoms with van der Waals surface area (Å²) >= 11 is 0. The summed E-state index contributed by atoms with van der Waals surface area (Å²) in [6.45, 7) is 1.06. The molecule has 1 aromatic heterocycles. The number of carbonyl (C=O) groups excluding carboxylic acids is 1. The van der Waals surface area contributed by atoms with Gasteiger partial charge in [-0.2, -0.15) is 5.26 Å². The number of ether oxygens (including phenoxy) is 1. The Morgan fingerprint density at radius 1 is 1.33 bits per heavy atom. The van der Waals surface area contributed by atoms with Crippen LogP contribution < -0.4 is 5.32 Å². The van der Waals surface area contributed by atoms with E-state index in [4.69, 9.17) is 9.15 Å². The average molecular weight is 367 g/mol. The van der Waals surface area contributed by atoms with Crippen LogP contribution in [0, 0.1) is 21.4 Å². The molecule has 1 aliphatic heterocycles. The van der Waals surface area contributed by atoms with Crippen LogP contribution in [-0.4, -0.2) is 30.1 Å². The van der Waals surface area contributed by atoms with Gasteiger partial charge in [0, 0.05) is 36.9 Å². The normalized spacial score (nSPS) is 16.7. The number of rotatable bonds is 6. The van der Waals surface area contributed by atoms with Gasteiger partial charge in [0.2, 0.25) is 0 Å². The Bertz CT molecular complexity index is 902. The number of nitrogens with one attached hydrogen (secondary N) is 1. The molecule has 27 heavy (non-hydrogen) atoms. The first kappa shape index (κ1) is 18.4. The highest BCUT2D eigenvalue weighted by Crippen LogP contribution is 2.25. The number of benzene rings is 1. The number of nitro groups is 1. The third-order valence-electron chi connectivity index (χ3n) is 4.16. The molecule has 2 aromatic rings. The monoisotopic (exact) mass is 367 g/mol. The lowest BCUT2D eigenvalue weighted by molar-refractivity contribution is -0.384. The number of furan rings is 1. The molecule has 0 bridgehead atoms. The lowest BCUT2D eigenvalue weighted by Crippen LogP contribution is -2.32. The van der Waals surface area contributed by atoms with Crippen molar-refractivity contribution in [1.29, 1.82) is 5.26 Å². The Morgan fingerprint density at radius 2 is 2.11 bits per heavy atom. The summed E-state index contributed by atoms with van der Waals surface area (Å²) in [5, 5.41) is 22.6. The molecule has 138 valence electrons. The van der Waals surface area contributed by atoms with Crippen molar-refractivity contribution < 1.29 is 18.9 Å². The van der Waals surface area contributed by atoms with Crippen LogP contribution in [0.4, 0.5) is 5.69 Å². The highest BCUT2D eigenvalue weighted by molar-refractivity contribution is 6.01. The van der Waals surface area contributed by atoms with Gasteiger partial charge in [-0.05, 0) is 37.1 Å². The second kappa shape index (κ2) is 8.29. The summed E-state index contributed by atoms with van der Waals surface area (Å²) < 4.78 is 11.1. The molecular weight excluding hydrogens is 350 g/mol. The molecular formula is C19H17N3O5. The van der Waals surface area contributed by atoms with E-state index in [1.807, 2.05) is 6.07 Å². The highest BCUT2D eigenvalue weighted by Gasteiger charge is 2.18. The number of nitrogens with zero attached hydrogens (tertiary/aromatic N) is 2. The zero-order valence-corrected chi connectivity index (χ0v) is 14.4. The Labute approximate surface area is 155 Å². The summed E-state index contributed by atoms with van der Waals surface area (Å²) in [7, 11) is 0. The summed E-state index contributed by atoms with van der Waals surface area (Å²) in [5.41, 5.74) is 0.569. The first-order chi connectivity index (χ1) is 13.1. The average Bonchev–Trinajstić information content (AvgIpc) is 3.36. The topological polar surface area (TPSA) is 118 Å². The van der Waals surface area contributed by atoms with E-state index < -0.39 is 10.8 Å². The van der Waals surface area contributed by atoms with Gasteiger partial charge in [0.15, 0.2) is 0 Å². The Balaban J connectivity index is 1.69. The first-order valence-corrected chi connectivity index (χ1v) is 8.43. The minimum atomic E-state index is -0.485. The molecule has 0 aliphatic carbocycles. The zero-order chi connectivity index (χ0) is 19.2. The van der Waals surface area contributed by atoms with Crippen molar-refractivity contribution >= 4 is 17.7 Å². The van der Waals surface area contributed by atoms with E-state index in [-0.39, 0.29) is 17.4 Å². The van der Waals surface area contributed by atoms with Gasteiger partial charge >= 0.3 is 0 Å². The van der Waals surface area contributed by atoms with Gasteiger partial charge < -0.3 is 14.5 Å². The van der Waals surface area contributed by atoms with E-state index in [0.717, 1.165) is 12.8 Å². The fourth-order valence-corrected chi connectivity index (χ4v) is 2.73. The van der Waals surface area contributed by atoms with Gasteiger partial charge in [-0.25, -0.2) is 0 Å². The van der Waals surface area contributed by atoms with Crippen LogP contribution in [0.5, 0.6) is 0 Å². The number of carbonyl (C=O) groups is 1. The molecule has 0 saturated carbocycles. The second-order valence-corrected chi connectivity index (χ2v) is 6.02. The van der Waals surface area contributed by atoms with E-state index in [2.05, 4.69) is 5.32 Å². The van der Waals surface area contributed by atoms with Crippen LogP contribution >= 0.6 is 0 Å². The van der Waals surface area contributed by atoms with Crippen molar-refractivity contribution in [2.75, 3.05) is 13.2 Å². The van der Waals surface area contributed by atoms with Crippen molar-refractivity contribution in [2.24, 2.45) is 0 Å². The number of amides is 1. The molecule has 1 aliphatic rings. The summed E-state index contributed by atoms with van der Waals surface area (Å²) in [6, 6.07) is 11.1. The number of nitro benzene ring substituents is 1. The molecule has 3 rings (SSSR count). The predicted octanol–water partition coefficient (Wildman–Crippen LogP) is 3.06. The van der Waals surface area contributed by atoms with Crippen molar-refractivity contribution in [3.63, 3.8) is 0 Å². The van der Waals surface area contributed by atoms with Gasteiger partial charge in [-0.1, -0.05) is 0 Å². The van der Waals surface area contributed by atoms with E-state index in [1.165, 1.54) is 18.2 Å². The number of hydrogen-bond donors (Lipinski definition) is 1. The van der Waals surface area contributed by atoms with Gasteiger partial charge in [0.1, 0.15) is 23.2 Å². The number of hydrogen-bond acceptors (Lipinski definition) is 6. The molecule has 0 unspecified atom stereocenters. The maximum atomic E-state index is 12.2. The van der Waals surface area contributed by atoms with Crippen molar-refractivity contribution in [2.45, 2.75) is 18.9 Å². The van der Waals surface area contributed by atoms with E-state index in [0.29, 0.717) is 30.2 Å². The Kier molecular flexibility index (Phi) is 5.64. The van der Waals surface area contributed by atoms with Gasteiger partial charge in [0.25, 0.3) is 11.6 Å². The maximum absolute atomic E-state index is 12.2. The van der Waals surface area contributed by atoms with Crippen LogP contribution in [0.25, 0.3) is 17.4 Å². The predicted molar refractivity (Wildman–Crippen MR) is 96.4 cm³/mol. The lowest BCUT2D eigenvalue weighted by atomic mass is 10.1. The third kappa shape index (κ3) is 4.59. The third-order valence-corrected chi connectivity index (χ3v) is 4.16. The SMILES string of the molecule is N#C/C(=C\c1ccc(-c2ccc([N+](=O)[O-])cc2)o1)C(=O)NC[C@H]1CCCO1. The molecule has 0 radical (unpaired) electrons. The molecule has 1 fully saturated rings. The maximum Gasteiger partial charge on any atom is 0.269 e. The molecule has 1 aromatic carbocycles. The molecule has 0 spiro atoms. The van der Waals surface area contributed by atoms with Crippen molar-refractivity contribution in [3.8, 4) is 17.4 Å². The Hall–Kier alpha value is -3.44. The minimum Gasteiger partial charge on any atom is -0.457 e. The number of non-ortho nitro benzene ring substituents is 1. The van der Waals surface area contributed by atoms with Crippen LogP contribution in [0.1, 0.15) is 18.6 Å². The standard InChI is InChI=1S/C19H17N3O5/c20-11-14(19(23)21-12-17-2-1-9-26-17)10-16-7-8-18(27-16)13-3-5-15(6-4-13)22(24)25/h3-8,10,17H,1-2,9,12H2,(H,21,23)/b14-10+/t17-/m1/s1. The quantitative estimate of drug-likeness (QED) is 0.363. The smallest absolute Gasteiger partial charge is 0.269 e. The zero-order valence-electron chi connectivity index (χ0n) is 14.4. The van der Waals surface area contributed by atoms with Crippen LogP contribution in [-0.2, 0) is 9.53 Å². The molecule has 8 nitrogen and oxygen atoms in total.